The third-order valence-corrected chi connectivity index (χ3v) is 3.12. The molecule has 1 saturated carbocycles. The number of anilines is 1. The molecule has 1 aromatic carbocycles. The van der Waals surface area contributed by atoms with E-state index in [1.54, 1.807) is 0 Å². The summed E-state index contributed by atoms with van der Waals surface area (Å²) in [6.45, 7) is 1.05. The van der Waals surface area contributed by atoms with Crippen molar-refractivity contribution in [2.24, 2.45) is 5.92 Å². The second-order valence-corrected chi connectivity index (χ2v) is 5.17. The number of rotatable bonds is 4. The summed E-state index contributed by atoms with van der Waals surface area (Å²) < 4.78 is 1.03. The summed E-state index contributed by atoms with van der Waals surface area (Å²) in [6, 6.07) is 5.91. The van der Waals surface area contributed by atoms with Gasteiger partial charge in [-0.25, -0.2) is 0 Å². The molecule has 1 nitrogen and oxygen atoms in total. The Labute approximate surface area is 98.0 Å². The van der Waals surface area contributed by atoms with Crippen molar-refractivity contribution in [2.75, 3.05) is 11.9 Å². The van der Waals surface area contributed by atoms with Crippen LogP contribution in [0.25, 0.3) is 0 Å². The van der Waals surface area contributed by atoms with E-state index in [4.69, 9.17) is 11.6 Å². The zero-order valence-electron chi connectivity index (χ0n) is 7.89. The summed E-state index contributed by atoms with van der Waals surface area (Å²) >= 11 is 9.36. The summed E-state index contributed by atoms with van der Waals surface area (Å²) in [5.74, 6) is 0.977. The Morgan fingerprint density at radius 1 is 1.36 bits per heavy atom. The Morgan fingerprint density at radius 3 is 2.79 bits per heavy atom. The molecule has 1 fully saturated rings. The van der Waals surface area contributed by atoms with E-state index in [1.165, 1.54) is 19.3 Å². The Hall–Kier alpha value is -0.210. The minimum absolute atomic E-state index is 0.772. The van der Waals surface area contributed by atoms with E-state index in [0.29, 0.717) is 0 Å². The summed E-state index contributed by atoms with van der Waals surface area (Å²) in [4.78, 5) is 0. The molecule has 0 saturated heterocycles. The molecule has 0 bridgehead atoms. The Balaban J connectivity index is 1.87. The minimum atomic E-state index is 0.772. The minimum Gasteiger partial charge on any atom is -0.385 e. The zero-order chi connectivity index (χ0) is 9.97. The van der Waals surface area contributed by atoms with Crippen molar-refractivity contribution >= 4 is 33.2 Å². The average Bonchev–Trinajstić information content (AvgIpc) is 2.86. The van der Waals surface area contributed by atoms with Gasteiger partial charge in [0.05, 0.1) is 0 Å². The highest BCUT2D eigenvalue weighted by Crippen LogP contribution is 2.32. The van der Waals surface area contributed by atoms with Gasteiger partial charge in [-0.3, -0.25) is 0 Å². The molecule has 1 aliphatic carbocycles. The van der Waals surface area contributed by atoms with Gasteiger partial charge in [-0.15, -0.1) is 0 Å². The lowest BCUT2D eigenvalue weighted by Gasteiger charge is -2.06. The van der Waals surface area contributed by atoms with Gasteiger partial charge in [0.1, 0.15) is 0 Å². The monoisotopic (exact) mass is 273 g/mol. The standard InChI is InChI=1S/C11H13BrClN/c12-9-5-10(13)7-11(6-9)14-4-3-8-1-2-8/h5-8,14H,1-4H2. The molecule has 0 aliphatic heterocycles. The van der Waals surface area contributed by atoms with Crippen LogP contribution in [-0.4, -0.2) is 6.54 Å². The van der Waals surface area contributed by atoms with Gasteiger partial charge in [-0.05, 0) is 30.5 Å². The van der Waals surface area contributed by atoms with Crippen LogP contribution in [0.5, 0.6) is 0 Å². The van der Waals surface area contributed by atoms with Crippen molar-refractivity contribution in [3.05, 3.63) is 27.7 Å². The fraction of sp³-hybridized carbons (Fsp3) is 0.455. The van der Waals surface area contributed by atoms with Crippen LogP contribution in [0.1, 0.15) is 19.3 Å². The second-order valence-electron chi connectivity index (χ2n) is 3.82. The first kappa shape index (κ1) is 10.3. The van der Waals surface area contributed by atoms with E-state index in [1.807, 2.05) is 12.1 Å². The van der Waals surface area contributed by atoms with E-state index in [0.717, 1.165) is 27.6 Å². The molecule has 0 heterocycles. The van der Waals surface area contributed by atoms with Crippen LogP contribution >= 0.6 is 27.5 Å². The highest BCUT2D eigenvalue weighted by Gasteiger charge is 2.20. The van der Waals surface area contributed by atoms with Gasteiger partial charge >= 0.3 is 0 Å². The maximum Gasteiger partial charge on any atom is 0.0437 e. The SMILES string of the molecule is Clc1cc(Br)cc(NCCC2CC2)c1. The quantitative estimate of drug-likeness (QED) is 0.862. The maximum atomic E-state index is 5.93. The first-order valence-corrected chi connectivity index (χ1v) is 6.11. The highest BCUT2D eigenvalue weighted by atomic mass is 79.9. The molecular weight excluding hydrogens is 261 g/mol. The molecule has 76 valence electrons. The van der Waals surface area contributed by atoms with Crippen molar-refractivity contribution in [1.82, 2.24) is 0 Å². The van der Waals surface area contributed by atoms with Crippen molar-refractivity contribution < 1.29 is 0 Å². The number of hydrogen-bond acceptors (Lipinski definition) is 1. The normalized spacial score (nSPS) is 15.6. The molecule has 0 spiro atoms. The average molecular weight is 275 g/mol. The lowest BCUT2D eigenvalue weighted by molar-refractivity contribution is 0.760. The highest BCUT2D eigenvalue weighted by molar-refractivity contribution is 9.10. The molecule has 1 N–H and O–H groups in total. The fourth-order valence-electron chi connectivity index (χ4n) is 1.48. The number of halogens is 2. The molecule has 2 rings (SSSR count). The van der Waals surface area contributed by atoms with E-state index >= 15 is 0 Å². The summed E-state index contributed by atoms with van der Waals surface area (Å²) in [5, 5.41) is 4.15. The molecular formula is C11H13BrClN. The van der Waals surface area contributed by atoms with Gasteiger partial charge < -0.3 is 5.32 Å². The lowest BCUT2D eigenvalue weighted by atomic mass is 10.2. The van der Waals surface area contributed by atoms with Crippen molar-refractivity contribution in [3.8, 4) is 0 Å². The van der Waals surface area contributed by atoms with Gasteiger partial charge in [0.25, 0.3) is 0 Å². The largest absolute Gasteiger partial charge is 0.385 e. The van der Waals surface area contributed by atoms with E-state index in [-0.39, 0.29) is 0 Å². The topological polar surface area (TPSA) is 12.0 Å². The first-order chi connectivity index (χ1) is 6.74. The van der Waals surface area contributed by atoms with Gasteiger partial charge in [0, 0.05) is 21.7 Å². The molecule has 1 aliphatic rings. The molecule has 0 amide bonds. The van der Waals surface area contributed by atoms with Gasteiger partial charge in [-0.2, -0.15) is 0 Å². The van der Waals surface area contributed by atoms with Crippen molar-refractivity contribution in [1.29, 1.82) is 0 Å². The Morgan fingerprint density at radius 2 is 2.14 bits per heavy atom. The van der Waals surface area contributed by atoms with E-state index in [2.05, 4.69) is 27.3 Å². The molecule has 0 aromatic heterocycles. The summed E-state index contributed by atoms with van der Waals surface area (Å²) in [7, 11) is 0. The molecule has 0 unspecified atom stereocenters. The van der Waals surface area contributed by atoms with Crippen LogP contribution in [-0.2, 0) is 0 Å². The molecule has 1 aromatic rings. The molecule has 14 heavy (non-hydrogen) atoms. The third-order valence-electron chi connectivity index (χ3n) is 2.44. The first-order valence-electron chi connectivity index (χ1n) is 4.94. The predicted octanol–water partition coefficient (Wildman–Crippen LogP) is 4.31. The van der Waals surface area contributed by atoms with Crippen LogP contribution in [0.15, 0.2) is 22.7 Å². The fourth-order valence-corrected chi connectivity index (χ4v) is 2.34. The maximum absolute atomic E-state index is 5.93. The second kappa shape index (κ2) is 4.54. The number of hydrogen-bond donors (Lipinski definition) is 1. The lowest BCUT2D eigenvalue weighted by Crippen LogP contribution is -2.01. The third kappa shape index (κ3) is 3.18. The smallest absolute Gasteiger partial charge is 0.0437 e. The predicted molar refractivity (Wildman–Crippen MR) is 65.0 cm³/mol. The number of nitrogens with one attached hydrogen (secondary N) is 1. The van der Waals surface area contributed by atoms with Crippen LogP contribution in [0.2, 0.25) is 5.02 Å². The van der Waals surface area contributed by atoms with Gasteiger partial charge in [-0.1, -0.05) is 40.4 Å². The van der Waals surface area contributed by atoms with E-state index < -0.39 is 0 Å². The zero-order valence-corrected chi connectivity index (χ0v) is 10.2. The Kier molecular flexibility index (Phi) is 3.34. The molecule has 3 heteroatoms. The summed E-state index contributed by atoms with van der Waals surface area (Å²) in [5.41, 5.74) is 1.10. The Bertz CT molecular complexity index is 303. The van der Waals surface area contributed by atoms with Crippen LogP contribution < -0.4 is 5.32 Å². The van der Waals surface area contributed by atoms with Gasteiger partial charge in [0.2, 0.25) is 0 Å². The van der Waals surface area contributed by atoms with Crippen molar-refractivity contribution in [2.45, 2.75) is 19.3 Å². The summed E-state index contributed by atoms with van der Waals surface area (Å²) in [6.07, 6.45) is 4.12. The van der Waals surface area contributed by atoms with Crippen LogP contribution in [0, 0.1) is 5.92 Å². The van der Waals surface area contributed by atoms with E-state index in [9.17, 15) is 0 Å². The van der Waals surface area contributed by atoms with Gasteiger partial charge in [0.15, 0.2) is 0 Å². The molecule has 0 radical (unpaired) electrons. The van der Waals surface area contributed by atoms with Crippen LogP contribution in [0.4, 0.5) is 5.69 Å². The molecule has 0 atom stereocenters. The van der Waals surface area contributed by atoms with Crippen molar-refractivity contribution in [3.63, 3.8) is 0 Å². The number of benzene rings is 1. The van der Waals surface area contributed by atoms with Crippen LogP contribution in [0.3, 0.4) is 0 Å².